The van der Waals surface area contributed by atoms with Gasteiger partial charge in [0.05, 0.1) is 4.92 Å². The van der Waals surface area contributed by atoms with E-state index in [1.54, 1.807) is 48.5 Å². The van der Waals surface area contributed by atoms with Crippen molar-refractivity contribution < 1.29 is 19.2 Å². The summed E-state index contributed by atoms with van der Waals surface area (Å²) in [4.78, 5) is 23.2. The van der Waals surface area contributed by atoms with Crippen molar-refractivity contribution >= 4 is 29.3 Å². The van der Waals surface area contributed by atoms with E-state index in [2.05, 4.69) is 5.32 Å². The van der Waals surface area contributed by atoms with Crippen LogP contribution in [0.5, 0.6) is 5.75 Å². The van der Waals surface area contributed by atoms with E-state index in [0.29, 0.717) is 0 Å². The van der Waals surface area contributed by atoms with Crippen LogP contribution in [0.15, 0.2) is 84.9 Å². The van der Waals surface area contributed by atoms with Gasteiger partial charge in [-0.25, -0.2) is 4.79 Å². The Morgan fingerprint density at radius 3 is 2.03 bits per heavy atom. The van der Waals surface area contributed by atoms with Crippen LogP contribution < -0.4 is 10.1 Å². The predicted molar refractivity (Wildman–Crippen MR) is 121 cm³/mol. The lowest BCUT2D eigenvalue weighted by molar-refractivity contribution is -0.521. The summed E-state index contributed by atoms with van der Waals surface area (Å²) in [5.41, 5.74) is 1.89. The number of halogens is 2. The van der Waals surface area contributed by atoms with E-state index in [1.165, 1.54) is 0 Å². The Balaban J connectivity index is 1.81. The van der Waals surface area contributed by atoms with Crippen LogP contribution in [0.25, 0.3) is 0 Å². The summed E-state index contributed by atoms with van der Waals surface area (Å²) in [5, 5.41) is 14.0. The Bertz CT molecular complexity index is 1050. The molecule has 0 radical (unpaired) electrons. The van der Waals surface area contributed by atoms with Crippen LogP contribution in [0.2, 0.25) is 0 Å². The molecule has 0 heterocycles. The summed E-state index contributed by atoms with van der Waals surface area (Å²) >= 11 is 12.1. The Kier molecular flexibility index (Phi) is 7.92. The van der Waals surface area contributed by atoms with Crippen LogP contribution in [-0.2, 0) is 18.0 Å². The third-order valence-corrected chi connectivity index (χ3v) is 5.25. The molecule has 1 N–H and O–H groups in total. The van der Waals surface area contributed by atoms with Gasteiger partial charge < -0.3 is 14.8 Å². The lowest BCUT2D eigenvalue weighted by atomic mass is 10.1. The quantitative estimate of drug-likeness (QED) is 0.187. The van der Waals surface area contributed by atoms with E-state index < -0.39 is 21.5 Å². The van der Waals surface area contributed by atoms with Crippen LogP contribution in [0, 0.1) is 10.1 Å². The van der Waals surface area contributed by atoms with Crippen LogP contribution in [0.4, 0.5) is 4.79 Å². The highest BCUT2D eigenvalue weighted by Crippen LogP contribution is 2.40. The zero-order valence-electron chi connectivity index (χ0n) is 16.8. The van der Waals surface area contributed by atoms with Gasteiger partial charge in [0, 0.05) is 5.56 Å². The Hall–Kier alpha value is -3.29. The highest BCUT2D eigenvalue weighted by atomic mass is 35.5. The number of hydrogen-bond acceptors (Lipinski definition) is 5. The number of alkyl halides is 2. The van der Waals surface area contributed by atoms with Gasteiger partial charge in [0.2, 0.25) is 0 Å². The molecule has 0 saturated heterocycles. The number of nitrogens with zero attached hydrogens (tertiary/aromatic N) is 1. The van der Waals surface area contributed by atoms with Crippen LogP contribution in [0.3, 0.4) is 0 Å². The summed E-state index contributed by atoms with van der Waals surface area (Å²) in [6.07, 6.45) is -0.913. The summed E-state index contributed by atoms with van der Waals surface area (Å²) < 4.78 is 8.48. The number of carbonyl (C=O) groups is 1. The average Bonchev–Trinajstić information content (AvgIpc) is 2.81. The maximum atomic E-state index is 12.4. The molecule has 0 saturated carbocycles. The number of benzene rings is 3. The molecule has 0 aliphatic carbocycles. The number of alkyl carbamates (subject to hydrolysis) is 1. The third-order valence-electron chi connectivity index (χ3n) is 4.53. The standard InChI is InChI=1S/C23H20Cl2N2O5/c24-23(25,27(29)30)21(26-22(28)32-16-18-11-5-2-6-12-18)19-13-7-8-14-20(19)31-15-17-9-3-1-4-10-17/h1-14,21H,15-16H2,(H,26,28). The first kappa shape index (κ1) is 23.4. The first-order valence-corrected chi connectivity index (χ1v) is 10.4. The number of para-hydroxylation sites is 1. The lowest BCUT2D eigenvalue weighted by Crippen LogP contribution is -2.44. The van der Waals surface area contributed by atoms with Crippen molar-refractivity contribution in [3.63, 3.8) is 0 Å². The number of nitrogens with one attached hydrogen (secondary N) is 1. The predicted octanol–water partition coefficient (Wildman–Crippen LogP) is 5.64. The molecule has 0 aromatic heterocycles. The summed E-state index contributed by atoms with van der Waals surface area (Å²) in [7, 11) is 0. The van der Waals surface area contributed by atoms with Crippen LogP contribution >= 0.6 is 23.2 Å². The van der Waals surface area contributed by atoms with Crippen molar-refractivity contribution in [3.8, 4) is 5.75 Å². The molecule has 1 unspecified atom stereocenters. The molecule has 0 fully saturated rings. The second-order valence-electron chi connectivity index (χ2n) is 6.80. The Morgan fingerprint density at radius 2 is 1.44 bits per heavy atom. The number of hydrogen-bond donors (Lipinski definition) is 1. The third kappa shape index (κ3) is 6.12. The largest absolute Gasteiger partial charge is 0.489 e. The molecule has 1 atom stereocenters. The van der Waals surface area contributed by atoms with Gasteiger partial charge in [-0.05, 0) is 40.4 Å². The average molecular weight is 475 g/mol. The van der Waals surface area contributed by atoms with E-state index >= 15 is 0 Å². The SMILES string of the molecule is O=C(NC(c1ccccc1OCc1ccccc1)C(Cl)(Cl)[N+](=O)[O-])OCc1ccccc1. The monoisotopic (exact) mass is 474 g/mol. The minimum atomic E-state index is -2.57. The minimum absolute atomic E-state index is 0.0262. The van der Waals surface area contributed by atoms with Crippen LogP contribution in [-0.4, -0.2) is 15.5 Å². The first-order valence-electron chi connectivity index (χ1n) is 9.63. The first-order chi connectivity index (χ1) is 15.4. The Labute approximate surface area is 195 Å². The van der Waals surface area contributed by atoms with Crippen molar-refractivity contribution in [1.82, 2.24) is 5.32 Å². The van der Waals surface area contributed by atoms with E-state index in [1.807, 2.05) is 36.4 Å². The molecule has 3 rings (SSSR count). The zero-order chi connectivity index (χ0) is 23.0. The van der Waals surface area contributed by atoms with Crippen molar-refractivity contribution in [2.45, 2.75) is 23.7 Å². The van der Waals surface area contributed by atoms with Gasteiger partial charge in [-0.3, -0.25) is 10.1 Å². The topological polar surface area (TPSA) is 90.7 Å². The Morgan fingerprint density at radius 1 is 0.906 bits per heavy atom. The molecule has 0 aliphatic rings. The molecule has 0 aliphatic heterocycles. The molecular weight excluding hydrogens is 455 g/mol. The normalized spacial score (nSPS) is 11.9. The zero-order valence-corrected chi connectivity index (χ0v) is 18.3. The molecule has 1 amide bonds. The molecule has 32 heavy (non-hydrogen) atoms. The van der Waals surface area contributed by atoms with Gasteiger partial charge in [-0.1, -0.05) is 78.9 Å². The van der Waals surface area contributed by atoms with Gasteiger partial charge in [-0.2, -0.15) is 0 Å². The van der Waals surface area contributed by atoms with E-state index in [4.69, 9.17) is 32.7 Å². The molecule has 166 valence electrons. The van der Waals surface area contributed by atoms with Crippen molar-refractivity contribution in [2.75, 3.05) is 0 Å². The van der Waals surface area contributed by atoms with Crippen molar-refractivity contribution in [2.24, 2.45) is 0 Å². The number of rotatable bonds is 9. The summed E-state index contributed by atoms with van der Waals surface area (Å²) in [5.74, 6) is 0.289. The maximum Gasteiger partial charge on any atom is 0.408 e. The van der Waals surface area contributed by atoms with Gasteiger partial charge >= 0.3 is 10.6 Å². The van der Waals surface area contributed by atoms with Gasteiger partial charge in [0.25, 0.3) is 0 Å². The highest BCUT2D eigenvalue weighted by Gasteiger charge is 2.50. The molecule has 3 aromatic carbocycles. The van der Waals surface area contributed by atoms with Gasteiger partial charge in [-0.15, -0.1) is 0 Å². The fourth-order valence-electron chi connectivity index (χ4n) is 2.93. The number of amides is 1. The minimum Gasteiger partial charge on any atom is -0.489 e. The molecule has 0 bridgehead atoms. The molecule has 0 spiro atoms. The fourth-order valence-corrected chi connectivity index (χ4v) is 3.27. The molecule has 9 heteroatoms. The van der Waals surface area contributed by atoms with E-state index in [0.717, 1.165) is 11.1 Å². The van der Waals surface area contributed by atoms with Crippen molar-refractivity contribution in [3.05, 3.63) is 112 Å². The number of ether oxygens (including phenoxy) is 2. The second-order valence-corrected chi connectivity index (χ2v) is 8.14. The van der Waals surface area contributed by atoms with E-state index in [-0.39, 0.29) is 24.5 Å². The highest BCUT2D eigenvalue weighted by molar-refractivity contribution is 6.47. The smallest absolute Gasteiger partial charge is 0.408 e. The molecule has 7 nitrogen and oxygen atoms in total. The molecule has 3 aromatic rings. The fraction of sp³-hybridized carbons (Fsp3) is 0.174. The van der Waals surface area contributed by atoms with Gasteiger partial charge in [0.15, 0.2) is 6.04 Å². The lowest BCUT2D eigenvalue weighted by Gasteiger charge is -2.25. The second kappa shape index (κ2) is 10.8. The van der Waals surface area contributed by atoms with Crippen molar-refractivity contribution in [1.29, 1.82) is 0 Å². The summed E-state index contributed by atoms with van der Waals surface area (Å²) in [6, 6.07) is 23.4. The summed E-state index contributed by atoms with van der Waals surface area (Å²) in [6.45, 7) is 0.181. The number of carbonyl (C=O) groups excluding carboxylic acids is 1. The number of nitro groups is 1. The van der Waals surface area contributed by atoms with Crippen LogP contribution in [0.1, 0.15) is 22.7 Å². The van der Waals surface area contributed by atoms with Gasteiger partial charge in [0.1, 0.15) is 19.0 Å². The van der Waals surface area contributed by atoms with E-state index in [9.17, 15) is 14.9 Å². The maximum absolute atomic E-state index is 12.4. The molecular formula is C23H20Cl2N2O5.